The number of aldehydes is 1. The Morgan fingerprint density at radius 3 is 2.10 bits per heavy atom. The van der Waals surface area contributed by atoms with Crippen LogP contribution in [-0.2, 0) is 18.4 Å². The van der Waals surface area contributed by atoms with E-state index in [1.807, 2.05) is 36.4 Å². The van der Waals surface area contributed by atoms with Crippen molar-refractivity contribution in [1.29, 1.82) is 0 Å². The quantitative estimate of drug-likeness (QED) is 0.258. The van der Waals surface area contributed by atoms with Crippen molar-refractivity contribution in [1.82, 2.24) is 9.55 Å². The number of aryl methyl sites for hydroxylation is 1. The molecule has 2 aromatic carbocycles. The second-order valence-corrected chi connectivity index (χ2v) is 21.8. The van der Waals surface area contributed by atoms with Gasteiger partial charge in [-0.25, -0.2) is 4.79 Å². The van der Waals surface area contributed by atoms with Crippen LogP contribution in [0.4, 0.5) is 0 Å². The van der Waals surface area contributed by atoms with Gasteiger partial charge in [0.05, 0.1) is 12.2 Å². The minimum atomic E-state index is -2.99. The molecule has 1 saturated heterocycles. The highest BCUT2D eigenvalue weighted by molar-refractivity contribution is 6.99. The Bertz CT molecular complexity index is 1420. The van der Waals surface area contributed by atoms with Gasteiger partial charge in [0.15, 0.2) is 8.32 Å². The van der Waals surface area contributed by atoms with Crippen LogP contribution in [0.15, 0.2) is 76.4 Å². The zero-order valence-electron chi connectivity index (χ0n) is 25.8. The van der Waals surface area contributed by atoms with E-state index in [0.717, 1.165) is 16.7 Å². The fourth-order valence-electron chi connectivity index (χ4n) is 5.97. The zero-order chi connectivity index (χ0) is 30.7. The van der Waals surface area contributed by atoms with Crippen molar-refractivity contribution in [2.75, 3.05) is 0 Å². The van der Waals surface area contributed by atoms with E-state index in [-0.39, 0.29) is 5.04 Å². The predicted molar refractivity (Wildman–Crippen MR) is 171 cm³/mol. The number of carbonyl (C=O) groups excluding carboxylic acids is 1. The number of aromatic nitrogens is 2. The number of hydrogen-bond acceptors (Lipinski definition) is 6. The first-order valence-electron chi connectivity index (χ1n) is 14.6. The van der Waals surface area contributed by atoms with Crippen LogP contribution in [0.1, 0.15) is 51.8 Å². The summed E-state index contributed by atoms with van der Waals surface area (Å²) in [6.45, 7) is 14.7. The molecule has 0 bridgehead atoms. The molecule has 4 atom stereocenters. The van der Waals surface area contributed by atoms with Crippen LogP contribution in [0.2, 0.25) is 24.7 Å². The molecule has 1 aliphatic heterocycles. The first-order valence-corrected chi connectivity index (χ1v) is 20.0. The van der Waals surface area contributed by atoms with E-state index in [0.29, 0.717) is 24.8 Å². The number of ether oxygens (including phenoxy) is 1. The summed E-state index contributed by atoms with van der Waals surface area (Å²) in [5.74, 6) is 0. The number of aromatic amines is 1. The second-order valence-electron chi connectivity index (χ2n) is 13.1. The summed E-state index contributed by atoms with van der Waals surface area (Å²) >= 11 is 0. The lowest BCUT2D eigenvalue weighted by Crippen LogP contribution is -2.68. The molecule has 1 fully saturated rings. The van der Waals surface area contributed by atoms with E-state index in [2.05, 4.69) is 69.7 Å². The molecule has 0 saturated carbocycles. The molecule has 4 rings (SSSR count). The van der Waals surface area contributed by atoms with Gasteiger partial charge in [-0.1, -0.05) is 81.4 Å². The predicted octanol–water partition coefficient (Wildman–Crippen LogP) is 4.28. The lowest BCUT2D eigenvalue weighted by atomic mass is 10.0. The van der Waals surface area contributed by atoms with Crippen LogP contribution in [-0.4, -0.2) is 50.8 Å². The molecule has 42 heavy (non-hydrogen) atoms. The molecule has 3 aromatic rings. The lowest BCUT2D eigenvalue weighted by molar-refractivity contribution is -0.109. The molecule has 0 aliphatic carbocycles. The van der Waals surface area contributed by atoms with Gasteiger partial charge in [-0.2, -0.15) is 0 Å². The third-order valence-electron chi connectivity index (χ3n) is 7.76. The molecule has 10 heteroatoms. The average molecular weight is 609 g/mol. The van der Waals surface area contributed by atoms with Gasteiger partial charge in [-0.05, 0) is 48.4 Å². The van der Waals surface area contributed by atoms with Crippen LogP contribution in [0.25, 0.3) is 0 Å². The summed E-state index contributed by atoms with van der Waals surface area (Å²) in [5, 5.41) is 2.00. The third kappa shape index (κ3) is 6.84. The molecule has 8 nitrogen and oxygen atoms in total. The Kier molecular flexibility index (Phi) is 9.73. The minimum Gasteiger partial charge on any atom is -0.412 e. The SMILES string of the molecule is Cc1cn([C@H]2C[C@H](O[Si](c3ccccc3)(c3ccccc3)C(C)(C)C)[C@@H]([C@H](CCC=O)O[Si](C)(C)C)O2)c(=O)[nH]c1=O. The smallest absolute Gasteiger partial charge is 0.330 e. The lowest BCUT2D eigenvalue weighted by Gasteiger charge is -2.46. The van der Waals surface area contributed by atoms with E-state index in [1.165, 1.54) is 4.57 Å². The molecule has 1 aromatic heterocycles. The van der Waals surface area contributed by atoms with Crippen LogP contribution in [0.3, 0.4) is 0 Å². The highest BCUT2D eigenvalue weighted by Crippen LogP contribution is 2.42. The van der Waals surface area contributed by atoms with E-state index in [4.69, 9.17) is 13.6 Å². The first kappa shape index (κ1) is 32.0. The molecule has 1 aliphatic rings. The van der Waals surface area contributed by atoms with Crippen molar-refractivity contribution in [3.05, 3.63) is 93.3 Å². The average Bonchev–Trinajstić information content (AvgIpc) is 3.34. The fraction of sp³-hybridized carbons (Fsp3) is 0.469. The highest BCUT2D eigenvalue weighted by Gasteiger charge is 2.55. The fourth-order valence-corrected chi connectivity index (χ4v) is 11.8. The second kappa shape index (κ2) is 12.8. The first-order chi connectivity index (χ1) is 19.8. The van der Waals surface area contributed by atoms with Crippen molar-refractivity contribution in [3.63, 3.8) is 0 Å². The summed E-state index contributed by atoms with van der Waals surface area (Å²) in [6, 6.07) is 20.8. The number of hydrogen-bond donors (Lipinski definition) is 1. The zero-order valence-corrected chi connectivity index (χ0v) is 27.8. The maximum Gasteiger partial charge on any atom is 0.330 e. The van der Waals surface area contributed by atoms with Crippen LogP contribution < -0.4 is 21.6 Å². The number of rotatable bonds is 11. The minimum absolute atomic E-state index is 0.276. The summed E-state index contributed by atoms with van der Waals surface area (Å²) in [7, 11) is -5.07. The van der Waals surface area contributed by atoms with E-state index >= 15 is 0 Å². The number of nitrogens with one attached hydrogen (secondary N) is 1. The molecule has 0 amide bonds. The largest absolute Gasteiger partial charge is 0.412 e. The van der Waals surface area contributed by atoms with Crippen molar-refractivity contribution in [2.45, 2.75) is 96.2 Å². The standard InChI is InChI=1S/C32H44N2O6Si2/c1-23-22-34(31(37)33-30(23)36)28-21-27(29(38-28)26(19-14-20-35)39-41(5,6)7)40-42(32(2,3)4,24-15-10-8-11-16-24)25-17-12-9-13-18-25/h8-13,15-18,20,22,26-29H,14,19,21H2,1-7H3,(H,33,36,37)/t26-,27-,28+,29+/m0/s1. The van der Waals surface area contributed by atoms with Crippen LogP contribution >= 0.6 is 0 Å². The van der Waals surface area contributed by atoms with E-state index in [1.54, 1.807) is 13.1 Å². The molecule has 1 N–H and O–H groups in total. The molecule has 0 unspecified atom stereocenters. The van der Waals surface area contributed by atoms with Gasteiger partial charge in [0.2, 0.25) is 0 Å². The van der Waals surface area contributed by atoms with Gasteiger partial charge in [0.1, 0.15) is 18.6 Å². The van der Waals surface area contributed by atoms with Gasteiger partial charge in [0, 0.05) is 24.6 Å². The molecule has 0 radical (unpaired) electrons. The molecular weight excluding hydrogens is 565 g/mol. The normalized spacial score (nSPS) is 20.4. The van der Waals surface area contributed by atoms with Crippen molar-refractivity contribution >= 4 is 33.3 Å². The van der Waals surface area contributed by atoms with Gasteiger partial charge >= 0.3 is 5.69 Å². The third-order valence-corrected chi connectivity index (χ3v) is 13.8. The Labute approximate surface area is 250 Å². The van der Waals surface area contributed by atoms with Crippen molar-refractivity contribution < 1.29 is 18.4 Å². The Morgan fingerprint density at radius 1 is 1.02 bits per heavy atom. The van der Waals surface area contributed by atoms with Gasteiger partial charge < -0.3 is 18.4 Å². The summed E-state index contributed by atoms with van der Waals surface area (Å²) in [5.41, 5.74) is -0.533. The Balaban J connectivity index is 1.89. The van der Waals surface area contributed by atoms with Crippen molar-refractivity contribution in [2.24, 2.45) is 0 Å². The topological polar surface area (TPSA) is 99.6 Å². The molecule has 0 spiro atoms. The maximum atomic E-state index is 13.0. The monoisotopic (exact) mass is 608 g/mol. The number of H-pyrrole nitrogens is 1. The summed E-state index contributed by atoms with van der Waals surface area (Å²) in [6.07, 6.45) is 1.56. The van der Waals surface area contributed by atoms with Gasteiger partial charge in [-0.15, -0.1) is 0 Å². The Morgan fingerprint density at radius 2 is 1.60 bits per heavy atom. The van der Waals surface area contributed by atoms with Crippen molar-refractivity contribution in [3.8, 4) is 0 Å². The molecule has 2 heterocycles. The molecule has 226 valence electrons. The Hall–Kier alpha value is -2.90. The van der Waals surface area contributed by atoms with Crippen LogP contribution in [0.5, 0.6) is 0 Å². The number of benzene rings is 2. The van der Waals surface area contributed by atoms with Gasteiger partial charge in [-0.3, -0.25) is 14.3 Å². The van der Waals surface area contributed by atoms with Crippen LogP contribution in [0, 0.1) is 6.92 Å². The highest BCUT2D eigenvalue weighted by atomic mass is 28.4. The van der Waals surface area contributed by atoms with E-state index in [9.17, 15) is 14.4 Å². The van der Waals surface area contributed by atoms with E-state index < -0.39 is 52.4 Å². The van der Waals surface area contributed by atoms with Gasteiger partial charge in [0.25, 0.3) is 13.9 Å². The maximum absolute atomic E-state index is 13.0. The number of nitrogens with zero attached hydrogens (tertiary/aromatic N) is 1. The summed E-state index contributed by atoms with van der Waals surface area (Å²) < 4.78 is 22.3. The summed E-state index contributed by atoms with van der Waals surface area (Å²) in [4.78, 5) is 39.0. The molecular formula is C32H44N2O6Si2. The number of carbonyl (C=O) groups is 1.